The van der Waals surface area contributed by atoms with Gasteiger partial charge >= 0.3 is 12.0 Å². The average Bonchev–Trinajstić information content (AvgIpc) is 2.88. The number of rotatable bonds is 4. The van der Waals surface area contributed by atoms with Crippen LogP contribution in [-0.2, 0) is 4.74 Å². The SMILES string of the molecule is CCOC(=O)c1coc(NC(=O)c2ccccc2F)n1. The summed E-state index contributed by atoms with van der Waals surface area (Å²) in [6.07, 6.45) is 1.05. The van der Waals surface area contributed by atoms with Gasteiger partial charge in [0.25, 0.3) is 5.91 Å². The van der Waals surface area contributed by atoms with Crippen molar-refractivity contribution in [3.63, 3.8) is 0 Å². The molecule has 0 atom stereocenters. The molecule has 20 heavy (non-hydrogen) atoms. The summed E-state index contributed by atoms with van der Waals surface area (Å²) in [6.45, 7) is 1.85. The van der Waals surface area contributed by atoms with Gasteiger partial charge in [0, 0.05) is 0 Å². The Bertz CT molecular complexity index is 639. The molecule has 0 aliphatic heterocycles. The average molecular weight is 278 g/mol. The predicted molar refractivity (Wildman–Crippen MR) is 66.8 cm³/mol. The van der Waals surface area contributed by atoms with Gasteiger partial charge in [-0.1, -0.05) is 12.1 Å². The Hall–Kier alpha value is -2.70. The lowest BCUT2D eigenvalue weighted by molar-refractivity contribution is 0.0519. The van der Waals surface area contributed by atoms with Crippen LogP contribution in [0.5, 0.6) is 0 Å². The fourth-order valence-corrected chi connectivity index (χ4v) is 1.44. The third kappa shape index (κ3) is 3.00. The van der Waals surface area contributed by atoms with Crippen molar-refractivity contribution in [2.45, 2.75) is 6.92 Å². The Morgan fingerprint density at radius 2 is 2.15 bits per heavy atom. The molecule has 7 heteroatoms. The molecular weight excluding hydrogens is 267 g/mol. The van der Waals surface area contributed by atoms with E-state index in [0.29, 0.717) is 0 Å². The number of nitrogens with zero attached hydrogens (tertiary/aromatic N) is 1. The first kappa shape index (κ1) is 13.7. The second kappa shape index (κ2) is 5.96. The van der Waals surface area contributed by atoms with E-state index in [2.05, 4.69) is 10.3 Å². The van der Waals surface area contributed by atoms with Crippen molar-refractivity contribution in [3.05, 3.63) is 47.6 Å². The monoisotopic (exact) mass is 278 g/mol. The van der Waals surface area contributed by atoms with Crippen LogP contribution in [0.1, 0.15) is 27.8 Å². The minimum Gasteiger partial charge on any atom is -0.461 e. The van der Waals surface area contributed by atoms with Crippen LogP contribution in [0.15, 0.2) is 34.9 Å². The standard InChI is InChI=1S/C13H11FN2O4/c1-2-19-12(18)10-7-20-13(15-10)16-11(17)8-5-3-4-6-9(8)14/h3-7H,2H2,1H3,(H,15,16,17). The zero-order valence-electron chi connectivity index (χ0n) is 10.6. The molecule has 104 valence electrons. The van der Waals surface area contributed by atoms with Crippen molar-refractivity contribution in [1.82, 2.24) is 4.98 Å². The van der Waals surface area contributed by atoms with Gasteiger partial charge in [-0.2, -0.15) is 4.98 Å². The highest BCUT2D eigenvalue weighted by Crippen LogP contribution is 2.12. The molecule has 1 aromatic heterocycles. The maximum Gasteiger partial charge on any atom is 0.360 e. The molecule has 0 spiro atoms. The third-order valence-corrected chi connectivity index (χ3v) is 2.33. The van der Waals surface area contributed by atoms with Gasteiger partial charge in [0.15, 0.2) is 5.69 Å². The van der Waals surface area contributed by atoms with Crippen molar-refractivity contribution in [2.24, 2.45) is 0 Å². The van der Waals surface area contributed by atoms with Gasteiger partial charge in [-0.05, 0) is 19.1 Å². The van der Waals surface area contributed by atoms with Gasteiger partial charge in [0.05, 0.1) is 12.2 Å². The number of carbonyl (C=O) groups excluding carboxylic acids is 2. The van der Waals surface area contributed by atoms with Crippen molar-refractivity contribution >= 4 is 17.9 Å². The molecule has 1 aromatic carbocycles. The lowest BCUT2D eigenvalue weighted by atomic mass is 10.2. The summed E-state index contributed by atoms with van der Waals surface area (Å²) in [7, 11) is 0. The Morgan fingerprint density at radius 1 is 1.40 bits per heavy atom. The van der Waals surface area contributed by atoms with Crippen LogP contribution in [0.2, 0.25) is 0 Å². The second-order valence-corrected chi connectivity index (χ2v) is 3.69. The summed E-state index contributed by atoms with van der Waals surface area (Å²) in [5, 5.41) is 2.25. The van der Waals surface area contributed by atoms with E-state index in [1.54, 1.807) is 6.92 Å². The Labute approximate surface area is 113 Å². The molecule has 0 saturated carbocycles. The van der Waals surface area contributed by atoms with E-state index < -0.39 is 17.7 Å². The van der Waals surface area contributed by atoms with E-state index in [9.17, 15) is 14.0 Å². The van der Waals surface area contributed by atoms with Crippen LogP contribution >= 0.6 is 0 Å². The number of amides is 1. The highest BCUT2D eigenvalue weighted by Gasteiger charge is 2.17. The fraction of sp³-hybridized carbons (Fsp3) is 0.154. The van der Waals surface area contributed by atoms with Gasteiger partial charge in [-0.3, -0.25) is 10.1 Å². The van der Waals surface area contributed by atoms with E-state index in [1.807, 2.05) is 0 Å². The number of carbonyl (C=O) groups is 2. The maximum atomic E-state index is 13.4. The highest BCUT2D eigenvalue weighted by atomic mass is 19.1. The summed E-state index contributed by atoms with van der Waals surface area (Å²) >= 11 is 0. The van der Waals surface area contributed by atoms with Crippen LogP contribution < -0.4 is 5.32 Å². The molecule has 0 saturated heterocycles. The van der Waals surface area contributed by atoms with Crippen LogP contribution in [0.4, 0.5) is 10.4 Å². The molecule has 2 rings (SSSR count). The number of nitrogens with one attached hydrogen (secondary N) is 1. The minimum absolute atomic E-state index is 0.0734. The summed E-state index contributed by atoms with van der Waals surface area (Å²) < 4.78 is 23.0. The molecule has 6 nitrogen and oxygen atoms in total. The first-order valence-electron chi connectivity index (χ1n) is 5.80. The minimum atomic E-state index is -0.722. The number of oxazole rings is 1. The number of aromatic nitrogens is 1. The molecule has 2 aromatic rings. The van der Waals surface area contributed by atoms with E-state index in [1.165, 1.54) is 18.2 Å². The Morgan fingerprint density at radius 3 is 2.85 bits per heavy atom. The lowest BCUT2D eigenvalue weighted by Gasteiger charge is -2.01. The number of halogens is 1. The zero-order chi connectivity index (χ0) is 14.5. The largest absolute Gasteiger partial charge is 0.461 e. The van der Waals surface area contributed by atoms with Crippen molar-refractivity contribution in [2.75, 3.05) is 11.9 Å². The molecule has 0 aliphatic carbocycles. The highest BCUT2D eigenvalue weighted by molar-refractivity contribution is 6.03. The van der Waals surface area contributed by atoms with E-state index >= 15 is 0 Å². The van der Waals surface area contributed by atoms with E-state index in [4.69, 9.17) is 9.15 Å². The molecule has 0 bridgehead atoms. The predicted octanol–water partition coefficient (Wildman–Crippen LogP) is 2.24. The summed E-state index contributed by atoms with van der Waals surface area (Å²) in [5.74, 6) is -2.05. The van der Waals surface area contributed by atoms with Crippen LogP contribution in [0.3, 0.4) is 0 Å². The fourth-order valence-electron chi connectivity index (χ4n) is 1.44. The van der Waals surface area contributed by atoms with Gasteiger partial charge < -0.3 is 9.15 Å². The second-order valence-electron chi connectivity index (χ2n) is 3.69. The number of benzene rings is 1. The van der Waals surface area contributed by atoms with Gasteiger partial charge in [0.1, 0.15) is 12.1 Å². The summed E-state index contributed by atoms with van der Waals surface area (Å²) in [6, 6.07) is 5.27. The van der Waals surface area contributed by atoms with Crippen molar-refractivity contribution in [1.29, 1.82) is 0 Å². The van der Waals surface area contributed by atoms with Gasteiger partial charge in [-0.15, -0.1) is 0 Å². The number of ether oxygens (including phenoxy) is 1. The quantitative estimate of drug-likeness (QED) is 0.867. The summed E-state index contributed by atoms with van der Waals surface area (Å²) in [4.78, 5) is 26.9. The smallest absolute Gasteiger partial charge is 0.360 e. The Balaban J connectivity index is 2.09. The molecule has 0 unspecified atom stereocenters. The number of anilines is 1. The topological polar surface area (TPSA) is 81.4 Å². The zero-order valence-corrected chi connectivity index (χ0v) is 10.6. The van der Waals surface area contributed by atoms with Crippen molar-refractivity contribution in [3.8, 4) is 0 Å². The van der Waals surface area contributed by atoms with Crippen LogP contribution in [-0.4, -0.2) is 23.5 Å². The number of esters is 1. The number of hydrogen-bond donors (Lipinski definition) is 1. The maximum absolute atomic E-state index is 13.4. The van der Waals surface area contributed by atoms with Crippen LogP contribution in [0, 0.1) is 5.82 Å². The Kier molecular flexibility index (Phi) is 4.09. The summed E-state index contributed by atoms with van der Waals surface area (Å²) in [5.41, 5.74) is -0.223. The third-order valence-electron chi connectivity index (χ3n) is 2.33. The molecule has 0 fully saturated rings. The molecule has 1 N–H and O–H groups in total. The number of hydrogen-bond acceptors (Lipinski definition) is 5. The lowest BCUT2D eigenvalue weighted by Crippen LogP contribution is -2.14. The van der Waals surface area contributed by atoms with Crippen molar-refractivity contribution < 1.29 is 23.1 Å². The molecule has 0 radical (unpaired) electrons. The van der Waals surface area contributed by atoms with E-state index in [0.717, 1.165) is 12.3 Å². The van der Waals surface area contributed by atoms with E-state index in [-0.39, 0.29) is 23.9 Å². The molecule has 0 aliphatic rings. The normalized spacial score (nSPS) is 10.1. The van der Waals surface area contributed by atoms with Gasteiger partial charge in [-0.25, -0.2) is 9.18 Å². The first-order chi connectivity index (χ1) is 9.61. The first-order valence-corrected chi connectivity index (χ1v) is 5.80. The molecule has 1 amide bonds. The van der Waals surface area contributed by atoms with Crippen LogP contribution in [0.25, 0.3) is 0 Å². The molecule has 1 heterocycles. The van der Waals surface area contributed by atoms with Gasteiger partial charge in [0.2, 0.25) is 0 Å². The molecular formula is C13H11FN2O4.